The lowest BCUT2D eigenvalue weighted by Crippen LogP contribution is -2.44. The van der Waals surface area contributed by atoms with Gasteiger partial charge in [-0.25, -0.2) is 4.98 Å². The van der Waals surface area contributed by atoms with Crippen molar-refractivity contribution in [3.63, 3.8) is 0 Å². The fourth-order valence-electron chi connectivity index (χ4n) is 2.99. The first-order chi connectivity index (χ1) is 10.2. The van der Waals surface area contributed by atoms with Crippen molar-refractivity contribution in [2.45, 2.75) is 52.3 Å². The van der Waals surface area contributed by atoms with Crippen LogP contribution in [0.1, 0.15) is 54.9 Å². The van der Waals surface area contributed by atoms with Crippen molar-refractivity contribution in [1.82, 2.24) is 10.3 Å². The number of aromatic nitrogens is 1. The standard InChI is InChI=1S/C16H21F3N2O/c1-9-5-4-6-13(10(9)2)21-15(22)12-7-8-14(16(17,18)19)20-11(12)3/h7-10,13H,4-6H2,1-3H3,(H,21,22). The van der Waals surface area contributed by atoms with E-state index in [2.05, 4.69) is 24.1 Å². The molecule has 0 aromatic carbocycles. The predicted octanol–water partition coefficient (Wildman–Crippen LogP) is 3.96. The van der Waals surface area contributed by atoms with Gasteiger partial charge in [-0.2, -0.15) is 13.2 Å². The minimum atomic E-state index is -4.49. The number of aryl methyl sites for hydroxylation is 1. The molecular formula is C16H21F3N2O. The van der Waals surface area contributed by atoms with Gasteiger partial charge >= 0.3 is 6.18 Å². The van der Waals surface area contributed by atoms with E-state index in [0.717, 1.165) is 25.3 Å². The Morgan fingerprint density at radius 3 is 2.55 bits per heavy atom. The number of carbonyl (C=O) groups excluding carboxylic acids is 1. The van der Waals surface area contributed by atoms with E-state index in [1.165, 1.54) is 13.0 Å². The smallest absolute Gasteiger partial charge is 0.349 e. The largest absolute Gasteiger partial charge is 0.433 e. The van der Waals surface area contributed by atoms with Crippen LogP contribution in [-0.2, 0) is 6.18 Å². The van der Waals surface area contributed by atoms with Gasteiger partial charge in [0.15, 0.2) is 0 Å². The lowest BCUT2D eigenvalue weighted by molar-refractivity contribution is -0.141. The number of amides is 1. The van der Waals surface area contributed by atoms with Crippen LogP contribution in [0, 0.1) is 18.8 Å². The third-order valence-corrected chi connectivity index (χ3v) is 4.64. The molecule has 6 heteroatoms. The number of pyridine rings is 1. The van der Waals surface area contributed by atoms with Crippen molar-refractivity contribution < 1.29 is 18.0 Å². The Morgan fingerprint density at radius 2 is 1.95 bits per heavy atom. The van der Waals surface area contributed by atoms with Crippen LogP contribution >= 0.6 is 0 Å². The lowest BCUT2D eigenvalue weighted by atomic mass is 9.78. The molecule has 22 heavy (non-hydrogen) atoms. The van der Waals surface area contributed by atoms with Gasteiger partial charge in [-0.05, 0) is 37.3 Å². The lowest BCUT2D eigenvalue weighted by Gasteiger charge is -2.34. The first-order valence-electron chi connectivity index (χ1n) is 7.56. The van der Waals surface area contributed by atoms with Crippen molar-refractivity contribution >= 4 is 5.91 Å². The minimum absolute atomic E-state index is 0.0675. The number of carbonyl (C=O) groups is 1. The molecule has 0 bridgehead atoms. The zero-order valence-corrected chi connectivity index (χ0v) is 13.0. The van der Waals surface area contributed by atoms with Gasteiger partial charge in [0, 0.05) is 6.04 Å². The van der Waals surface area contributed by atoms with E-state index < -0.39 is 11.9 Å². The summed E-state index contributed by atoms with van der Waals surface area (Å²) in [6.07, 6.45) is -1.38. The van der Waals surface area contributed by atoms with Crippen LogP contribution in [0.4, 0.5) is 13.2 Å². The van der Waals surface area contributed by atoms with Crippen molar-refractivity contribution in [2.24, 2.45) is 11.8 Å². The monoisotopic (exact) mass is 314 g/mol. The van der Waals surface area contributed by atoms with Crippen LogP contribution in [-0.4, -0.2) is 16.9 Å². The van der Waals surface area contributed by atoms with E-state index in [-0.39, 0.29) is 23.2 Å². The average Bonchev–Trinajstić information content (AvgIpc) is 2.42. The highest BCUT2D eigenvalue weighted by molar-refractivity contribution is 5.95. The van der Waals surface area contributed by atoms with Crippen LogP contribution in [0.5, 0.6) is 0 Å². The molecule has 122 valence electrons. The summed E-state index contributed by atoms with van der Waals surface area (Å²) in [5.74, 6) is 0.552. The van der Waals surface area contributed by atoms with Crippen LogP contribution in [0.25, 0.3) is 0 Å². The Hall–Kier alpha value is -1.59. The van der Waals surface area contributed by atoms with Gasteiger partial charge in [0.2, 0.25) is 0 Å². The molecule has 3 nitrogen and oxygen atoms in total. The second-order valence-corrected chi connectivity index (χ2v) is 6.17. The zero-order chi connectivity index (χ0) is 16.5. The summed E-state index contributed by atoms with van der Waals surface area (Å²) < 4.78 is 37.8. The van der Waals surface area contributed by atoms with Gasteiger partial charge in [0.05, 0.1) is 11.3 Å². The van der Waals surface area contributed by atoms with Gasteiger partial charge in [-0.15, -0.1) is 0 Å². The Morgan fingerprint density at radius 1 is 1.27 bits per heavy atom. The molecule has 3 atom stereocenters. The van der Waals surface area contributed by atoms with Crippen LogP contribution < -0.4 is 5.32 Å². The van der Waals surface area contributed by atoms with E-state index in [4.69, 9.17) is 0 Å². The molecule has 0 spiro atoms. The molecule has 1 N–H and O–H groups in total. The Labute approximate surface area is 128 Å². The quantitative estimate of drug-likeness (QED) is 0.897. The summed E-state index contributed by atoms with van der Waals surface area (Å²) in [7, 11) is 0. The second kappa shape index (κ2) is 6.26. The number of nitrogens with one attached hydrogen (secondary N) is 1. The maximum absolute atomic E-state index is 12.6. The molecular weight excluding hydrogens is 293 g/mol. The molecule has 1 heterocycles. The topological polar surface area (TPSA) is 42.0 Å². The summed E-state index contributed by atoms with van der Waals surface area (Å²) in [6.45, 7) is 5.69. The van der Waals surface area contributed by atoms with Crippen LogP contribution in [0.3, 0.4) is 0 Å². The third kappa shape index (κ3) is 3.59. The first kappa shape index (κ1) is 16.8. The maximum atomic E-state index is 12.6. The predicted molar refractivity (Wildman–Crippen MR) is 77.4 cm³/mol. The highest BCUT2D eigenvalue weighted by atomic mass is 19.4. The Kier molecular flexibility index (Phi) is 4.78. The molecule has 1 aliphatic rings. The normalized spacial score (nSPS) is 25.8. The van der Waals surface area contributed by atoms with E-state index in [9.17, 15) is 18.0 Å². The Bertz CT molecular complexity index is 557. The van der Waals surface area contributed by atoms with Crippen molar-refractivity contribution in [2.75, 3.05) is 0 Å². The molecule has 2 rings (SSSR count). The summed E-state index contributed by atoms with van der Waals surface area (Å²) in [6, 6.07) is 2.13. The summed E-state index contributed by atoms with van der Waals surface area (Å²) >= 11 is 0. The maximum Gasteiger partial charge on any atom is 0.433 e. The third-order valence-electron chi connectivity index (χ3n) is 4.64. The molecule has 1 amide bonds. The number of rotatable bonds is 2. The molecule has 1 fully saturated rings. The van der Waals surface area contributed by atoms with Crippen molar-refractivity contribution in [1.29, 1.82) is 0 Å². The summed E-state index contributed by atoms with van der Waals surface area (Å²) in [5, 5.41) is 2.95. The zero-order valence-electron chi connectivity index (χ0n) is 13.0. The molecule has 0 aliphatic heterocycles. The van der Waals surface area contributed by atoms with E-state index in [1.807, 2.05) is 0 Å². The number of halogens is 3. The van der Waals surface area contributed by atoms with Crippen molar-refractivity contribution in [3.8, 4) is 0 Å². The molecule has 1 saturated carbocycles. The van der Waals surface area contributed by atoms with Gasteiger partial charge in [0.25, 0.3) is 5.91 Å². The SMILES string of the molecule is Cc1nc(C(F)(F)F)ccc1C(=O)NC1CCCC(C)C1C. The second-order valence-electron chi connectivity index (χ2n) is 6.17. The highest BCUT2D eigenvalue weighted by Crippen LogP contribution is 2.30. The van der Waals surface area contributed by atoms with Crippen molar-refractivity contribution in [3.05, 3.63) is 29.1 Å². The first-order valence-corrected chi connectivity index (χ1v) is 7.56. The molecule has 1 aromatic heterocycles. The number of alkyl halides is 3. The minimum Gasteiger partial charge on any atom is -0.349 e. The molecule has 1 aliphatic carbocycles. The molecule has 1 aromatic rings. The van der Waals surface area contributed by atoms with Gasteiger partial charge in [-0.1, -0.05) is 26.7 Å². The van der Waals surface area contributed by atoms with E-state index >= 15 is 0 Å². The average molecular weight is 314 g/mol. The summed E-state index contributed by atoms with van der Waals surface area (Å²) in [5.41, 5.74) is -0.663. The number of nitrogens with zero attached hydrogens (tertiary/aromatic N) is 1. The number of hydrogen-bond acceptors (Lipinski definition) is 2. The fourth-order valence-corrected chi connectivity index (χ4v) is 2.99. The number of hydrogen-bond donors (Lipinski definition) is 1. The van der Waals surface area contributed by atoms with Crippen LogP contribution in [0.2, 0.25) is 0 Å². The summed E-state index contributed by atoms with van der Waals surface area (Å²) in [4.78, 5) is 15.8. The van der Waals surface area contributed by atoms with Gasteiger partial charge in [0.1, 0.15) is 5.69 Å². The van der Waals surface area contributed by atoms with Crippen LogP contribution in [0.15, 0.2) is 12.1 Å². The molecule has 3 unspecified atom stereocenters. The molecule has 0 saturated heterocycles. The van der Waals surface area contributed by atoms with E-state index in [0.29, 0.717) is 11.8 Å². The van der Waals surface area contributed by atoms with Gasteiger partial charge < -0.3 is 5.32 Å². The highest BCUT2D eigenvalue weighted by Gasteiger charge is 2.33. The van der Waals surface area contributed by atoms with Gasteiger partial charge in [-0.3, -0.25) is 4.79 Å². The molecule has 0 radical (unpaired) electrons. The fraction of sp³-hybridized carbons (Fsp3) is 0.625. The van der Waals surface area contributed by atoms with E-state index in [1.54, 1.807) is 0 Å². The Balaban J connectivity index is 2.13.